The van der Waals surface area contributed by atoms with E-state index in [1.54, 1.807) is 12.1 Å². The molecular formula is C17H12Cl2FN3O2S. The molecule has 5 nitrogen and oxygen atoms in total. The number of hydrogen-bond donors (Lipinski definition) is 1. The van der Waals surface area contributed by atoms with Crippen LogP contribution < -0.4 is 10.9 Å². The van der Waals surface area contributed by atoms with Crippen molar-refractivity contribution in [3.63, 3.8) is 0 Å². The number of carbonyl (C=O) groups is 1. The number of nitrogens with one attached hydrogen (secondary N) is 1. The Morgan fingerprint density at radius 3 is 2.65 bits per heavy atom. The molecule has 0 saturated carbocycles. The first kappa shape index (κ1) is 18.6. The zero-order valence-corrected chi connectivity index (χ0v) is 15.5. The summed E-state index contributed by atoms with van der Waals surface area (Å²) in [6.45, 7) is -0.321. The topological polar surface area (TPSA) is 64.0 Å². The van der Waals surface area contributed by atoms with Crippen LogP contribution >= 0.6 is 34.5 Å². The Bertz CT molecular complexity index is 975. The zero-order chi connectivity index (χ0) is 18.7. The van der Waals surface area contributed by atoms with Gasteiger partial charge in [-0.2, -0.15) is 5.10 Å². The Morgan fingerprint density at radius 2 is 2.00 bits per heavy atom. The Hall–Kier alpha value is -2.22. The quantitative estimate of drug-likeness (QED) is 0.696. The summed E-state index contributed by atoms with van der Waals surface area (Å²) in [4.78, 5) is 25.3. The van der Waals surface area contributed by atoms with Gasteiger partial charge in [-0.05, 0) is 29.1 Å². The van der Waals surface area contributed by atoms with Crippen LogP contribution in [0.15, 0.2) is 52.8 Å². The van der Waals surface area contributed by atoms with E-state index in [0.717, 1.165) is 15.1 Å². The average Bonchev–Trinajstić information content (AvgIpc) is 3.15. The van der Waals surface area contributed by atoms with Gasteiger partial charge in [0.2, 0.25) is 5.91 Å². The normalized spacial score (nSPS) is 12.0. The molecule has 1 unspecified atom stereocenters. The van der Waals surface area contributed by atoms with E-state index in [0.29, 0.717) is 0 Å². The van der Waals surface area contributed by atoms with Gasteiger partial charge in [-0.1, -0.05) is 41.4 Å². The first-order valence-electron chi connectivity index (χ1n) is 7.45. The molecule has 3 aromatic rings. The van der Waals surface area contributed by atoms with Gasteiger partial charge in [0.25, 0.3) is 5.56 Å². The van der Waals surface area contributed by atoms with Gasteiger partial charge >= 0.3 is 0 Å². The summed E-state index contributed by atoms with van der Waals surface area (Å²) in [6.07, 6.45) is 1.20. The zero-order valence-electron chi connectivity index (χ0n) is 13.2. The third kappa shape index (κ3) is 4.12. The highest BCUT2D eigenvalue weighted by atomic mass is 35.5. The number of carbonyl (C=O) groups excluding carboxylic acids is 1. The molecule has 0 aliphatic heterocycles. The van der Waals surface area contributed by atoms with Crippen molar-refractivity contribution in [2.45, 2.75) is 12.6 Å². The molecule has 0 saturated heterocycles. The van der Waals surface area contributed by atoms with E-state index >= 15 is 0 Å². The number of hydrogen-bond acceptors (Lipinski definition) is 4. The van der Waals surface area contributed by atoms with Crippen molar-refractivity contribution in [1.29, 1.82) is 0 Å². The standard InChI is InChI=1S/C17H12Cl2FN3O2S/c18-12-8-21-23(17(25)15(12)19)9-14(24)22-16(13-2-1-7-26-13)10-3-5-11(20)6-4-10/h1-8,16H,9H2,(H,22,24). The van der Waals surface area contributed by atoms with Gasteiger partial charge in [-0.25, -0.2) is 9.07 Å². The van der Waals surface area contributed by atoms with E-state index in [1.807, 2.05) is 17.5 Å². The number of nitrogens with zero attached hydrogens (tertiary/aromatic N) is 2. The monoisotopic (exact) mass is 411 g/mol. The summed E-state index contributed by atoms with van der Waals surface area (Å²) >= 11 is 13.0. The lowest BCUT2D eigenvalue weighted by Gasteiger charge is -2.18. The van der Waals surface area contributed by atoms with Crippen molar-refractivity contribution < 1.29 is 9.18 Å². The van der Waals surface area contributed by atoms with E-state index in [-0.39, 0.29) is 22.4 Å². The highest BCUT2D eigenvalue weighted by Gasteiger charge is 2.19. The SMILES string of the molecule is O=C(Cn1ncc(Cl)c(Cl)c1=O)NC(c1ccc(F)cc1)c1cccs1. The molecule has 0 aliphatic rings. The second kappa shape index (κ2) is 7.99. The predicted molar refractivity (Wildman–Crippen MR) is 99.2 cm³/mol. The van der Waals surface area contributed by atoms with Crippen molar-refractivity contribution in [3.05, 3.63) is 84.6 Å². The number of aromatic nitrogens is 2. The van der Waals surface area contributed by atoms with E-state index < -0.39 is 17.5 Å². The third-order valence-corrected chi connectivity index (χ3v) is 5.26. The van der Waals surface area contributed by atoms with Crippen LogP contribution in [0.25, 0.3) is 0 Å². The van der Waals surface area contributed by atoms with Gasteiger partial charge in [-0.15, -0.1) is 11.3 Å². The van der Waals surface area contributed by atoms with E-state index in [9.17, 15) is 14.0 Å². The maximum Gasteiger partial charge on any atom is 0.287 e. The molecule has 0 spiro atoms. The molecule has 1 atom stereocenters. The maximum atomic E-state index is 13.2. The summed E-state index contributed by atoms with van der Waals surface area (Å²) in [5, 5.41) is 8.36. The molecule has 1 N–H and O–H groups in total. The average molecular weight is 412 g/mol. The van der Waals surface area contributed by atoms with Crippen LogP contribution in [0.1, 0.15) is 16.5 Å². The predicted octanol–water partition coefficient (Wildman–Crippen LogP) is 3.66. The molecule has 9 heteroatoms. The molecule has 2 heterocycles. The molecule has 0 fully saturated rings. The van der Waals surface area contributed by atoms with Crippen molar-refractivity contribution >= 4 is 40.4 Å². The summed E-state index contributed by atoms with van der Waals surface area (Å²) in [5.74, 6) is -0.808. The third-order valence-electron chi connectivity index (χ3n) is 3.57. The Morgan fingerprint density at radius 1 is 1.27 bits per heavy atom. The number of halogens is 3. The smallest absolute Gasteiger partial charge is 0.287 e. The van der Waals surface area contributed by atoms with Crippen molar-refractivity contribution in [3.8, 4) is 0 Å². The maximum absolute atomic E-state index is 13.2. The Balaban J connectivity index is 1.83. The summed E-state index contributed by atoms with van der Waals surface area (Å²) in [6, 6.07) is 9.10. The Labute approximate surface area is 162 Å². The molecule has 26 heavy (non-hydrogen) atoms. The van der Waals surface area contributed by atoms with E-state index in [2.05, 4.69) is 10.4 Å². The molecule has 1 aromatic carbocycles. The van der Waals surface area contributed by atoms with Crippen LogP contribution in [0.2, 0.25) is 10.0 Å². The molecule has 0 bridgehead atoms. The largest absolute Gasteiger partial charge is 0.343 e. The van der Waals surface area contributed by atoms with E-state index in [1.165, 1.54) is 29.7 Å². The lowest BCUT2D eigenvalue weighted by Crippen LogP contribution is -2.36. The van der Waals surface area contributed by atoms with Crippen molar-refractivity contribution in [1.82, 2.24) is 15.1 Å². The van der Waals surface area contributed by atoms with Gasteiger partial charge in [-0.3, -0.25) is 9.59 Å². The van der Waals surface area contributed by atoms with Gasteiger partial charge in [0.15, 0.2) is 0 Å². The second-order valence-corrected chi connectivity index (χ2v) is 7.10. The summed E-state index contributed by atoms with van der Waals surface area (Å²) < 4.78 is 14.1. The number of rotatable bonds is 5. The van der Waals surface area contributed by atoms with Crippen molar-refractivity contribution in [2.24, 2.45) is 0 Å². The lowest BCUT2D eigenvalue weighted by atomic mass is 10.1. The summed E-state index contributed by atoms with van der Waals surface area (Å²) in [7, 11) is 0. The van der Waals surface area contributed by atoms with Crippen LogP contribution in [0.3, 0.4) is 0 Å². The number of benzene rings is 1. The van der Waals surface area contributed by atoms with Crippen LogP contribution in [-0.2, 0) is 11.3 Å². The van der Waals surface area contributed by atoms with Crippen molar-refractivity contribution in [2.75, 3.05) is 0 Å². The van der Waals surface area contributed by atoms with Crippen LogP contribution in [-0.4, -0.2) is 15.7 Å². The molecule has 134 valence electrons. The van der Waals surface area contributed by atoms with Crippen LogP contribution in [0.4, 0.5) is 4.39 Å². The van der Waals surface area contributed by atoms with Crippen LogP contribution in [0, 0.1) is 5.82 Å². The first-order valence-corrected chi connectivity index (χ1v) is 9.08. The minimum atomic E-state index is -0.649. The molecule has 0 radical (unpaired) electrons. The highest BCUT2D eigenvalue weighted by Crippen LogP contribution is 2.26. The number of thiophene rings is 1. The van der Waals surface area contributed by atoms with Gasteiger partial charge in [0, 0.05) is 4.88 Å². The second-order valence-electron chi connectivity index (χ2n) is 5.34. The summed E-state index contributed by atoms with van der Waals surface area (Å²) in [5.41, 5.74) is 0.0698. The number of amides is 1. The first-order chi connectivity index (χ1) is 12.5. The fourth-order valence-electron chi connectivity index (χ4n) is 2.33. The molecular weight excluding hydrogens is 400 g/mol. The fraction of sp³-hybridized carbons (Fsp3) is 0.118. The highest BCUT2D eigenvalue weighted by molar-refractivity contribution is 7.10. The van der Waals surface area contributed by atoms with E-state index in [4.69, 9.17) is 23.2 Å². The van der Waals surface area contributed by atoms with Gasteiger partial charge in [0.05, 0.1) is 17.3 Å². The van der Waals surface area contributed by atoms with Gasteiger partial charge in [0.1, 0.15) is 17.4 Å². The van der Waals surface area contributed by atoms with Crippen LogP contribution in [0.5, 0.6) is 0 Å². The molecule has 1 amide bonds. The Kier molecular flexibility index (Phi) is 5.70. The lowest BCUT2D eigenvalue weighted by molar-refractivity contribution is -0.122. The van der Waals surface area contributed by atoms with Gasteiger partial charge < -0.3 is 5.32 Å². The fourth-order valence-corrected chi connectivity index (χ4v) is 3.40. The minimum Gasteiger partial charge on any atom is -0.343 e. The molecule has 2 aromatic heterocycles. The molecule has 0 aliphatic carbocycles. The molecule has 3 rings (SSSR count). The minimum absolute atomic E-state index is 0.0242.